The fourth-order valence-electron chi connectivity index (χ4n) is 1.94. The molecule has 3 aromatic rings. The number of azo groups is 1. The number of rotatable bonds is 4. The minimum Gasteiger partial charge on any atom is -0.356 e. The second-order valence-corrected chi connectivity index (χ2v) is 5.10. The summed E-state index contributed by atoms with van der Waals surface area (Å²) in [5, 5.41) is 12.3. The van der Waals surface area contributed by atoms with Crippen LogP contribution in [0.5, 0.6) is 0 Å². The van der Waals surface area contributed by atoms with Gasteiger partial charge in [0.05, 0.1) is 10.7 Å². The van der Waals surface area contributed by atoms with Crippen LogP contribution < -0.4 is 5.32 Å². The molecule has 3 nitrogen and oxygen atoms in total. The van der Waals surface area contributed by atoms with E-state index in [1.54, 1.807) is 6.07 Å². The summed E-state index contributed by atoms with van der Waals surface area (Å²) >= 11 is 6.04. The highest BCUT2D eigenvalue weighted by molar-refractivity contribution is 6.32. The maximum absolute atomic E-state index is 6.04. The topological polar surface area (TPSA) is 36.8 Å². The average Bonchev–Trinajstić information content (AvgIpc) is 2.56. The third kappa shape index (κ3) is 3.71. The first-order valence-electron chi connectivity index (χ1n) is 6.90. The predicted octanol–water partition coefficient (Wildman–Crippen LogP) is 6.50. The van der Waals surface area contributed by atoms with Gasteiger partial charge in [0, 0.05) is 11.4 Å². The van der Waals surface area contributed by atoms with E-state index >= 15 is 0 Å². The lowest BCUT2D eigenvalue weighted by atomic mass is 10.2. The van der Waals surface area contributed by atoms with Crippen molar-refractivity contribution in [1.82, 2.24) is 0 Å². The van der Waals surface area contributed by atoms with E-state index in [1.807, 2.05) is 72.8 Å². The Hall–Kier alpha value is -2.65. The van der Waals surface area contributed by atoms with Gasteiger partial charge in [-0.15, -0.1) is 5.11 Å². The summed E-state index contributed by atoms with van der Waals surface area (Å²) in [5.41, 5.74) is 3.49. The van der Waals surface area contributed by atoms with Gasteiger partial charge in [0.25, 0.3) is 0 Å². The van der Waals surface area contributed by atoms with Gasteiger partial charge in [0.15, 0.2) is 0 Å². The molecule has 22 heavy (non-hydrogen) atoms. The number of hydrogen-bond acceptors (Lipinski definition) is 3. The number of nitrogens with zero attached hydrogens (tertiary/aromatic N) is 2. The number of hydrogen-bond donors (Lipinski definition) is 1. The largest absolute Gasteiger partial charge is 0.356 e. The van der Waals surface area contributed by atoms with Crippen molar-refractivity contribution < 1.29 is 0 Å². The Balaban J connectivity index is 1.71. The van der Waals surface area contributed by atoms with Crippen LogP contribution in [-0.4, -0.2) is 0 Å². The SMILES string of the molecule is Clc1ccccc1N=Nc1ccc(Nc2ccccc2)cc1. The normalized spacial score (nSPS) is 10.8. The van der Waals surface area contributed by atoms with Crippen LogP contribution in [0.15, 0.2) is 89.1 Å². The van der Waals surface area contributed by atoms with Crippen LogP contribution in [0.25, 0.3) is 0 Å². The van der Waals surface area contributed by atoms with E-state index in [0.717, 1.165) is 17.1 Å². The van der Waals surface area contributed by atoms with Gasteiger partial charge in [0.1, 0.15) is 5.69 Å². The van der Waals surface area contributed by atoms with Gasteiger partial charge in [-0.1, -0.05) is 41.9 Å². The highest BCUT2D eigenvalue weighted by Crippen LogP contribution is 2.26. The third-order valence-electron chi connectivity index (χ3n) is 3.06. The lowest BCUT2D eigenvalue weighted by molar-refractivity contribution is 1.23. The van der Waals surface area contributed by atoms with E-state index < -0.39 is 0 Å². The molecule has 0 fully saturated rings. The molecule has 0 unspecified atom stereocenters. The van der Waals surface area contributed by atoms with E-state index in [4.69, 9.17) is 11.6 Å². The van der Waals surface area contributed by atoms with Gasteiger partial charge in [0.2, 0.25) is 0 Å². The van der Waals surface area contributed by atoms with Gasteiger partial charge >= 0.3 is 0 Å². The molecule has 0 aromatic heterocycles. The van der Waals surface area contributed by atoms with Crippen molar-refractivity contribution in [1.29, 1.82) is 0 Å². The maximum Gasteiger partial charge on any atom is 0.104 e. The zero-order valence-electron chi connectivity index (χ0n) is 11.8. The highest BCUT2D eigenvalue weighted by Gasteiger charge is 1.97. The van der Waals surface area contributed by atoms with Gasteiger partial charge in [-0.2, -0.15) is 5.11 Å². The molecule has 0 atom stereocenters. The Morgan fingerprint density at radius 1 is 0.636 bits per heavy atom. The summed E-state index contributed by atoms with van der Waals surface area (Å²) in [6.07, 6.45) is 0. The average molecular weight is 308 g/mol. The second kappa shape index (κ2) is 6.87. The predicted molar refractivity (Wildman–Crippen MR) is 91.8 cm³/mol. The van der Waals surface area contributed by atoms with Gasteiger partial charge in [-0.25, -0.2) is 0 Å². The summed E-state index contributed by atoms with van der Waals surface area (Å²) in [6, 6.07) is 25.1. The zero-order valence-corrected chi connectivity index (χ0v) is 12.5. The summed E-state index contributed by atoms with van der Waals surface area (Å²) in [4.78, 5) is 0. The Morgan fingerprint density at radius 3 is 2.00 bits per heavy atom. The standard InChI is InChI=1S/C18H14ClN3/c19-17-8-4-5-9-18(17)22-21-16-12-10-15(11-13-16)20-14-6-2-1-3-7-14/h1-13,20H. The number of halogens is 1. The fraction of sp³-hybridized carbons (Fsp3) is 0. The Labute approximate surface area is 134 Å². The fourth-order valence-corrected chi connectivity index (χ4v) is 2.12. The maximum atomic E-state index is 6.04. The Kier molecular flexibility index (Phi) is 4.47. The van der Waals surface area contributed by atoms with Crippen LogP contribution in [0.3, 0.4) is 0 Å². The van der Waals surface area contributed by atoms with E-state index in [1.165, 1.54) is 0 Å². The van der Waals surface area contributed by atoms with Crippen molar-refractivity contribution in [3.05, 3.63) is 83.9 Å². The Morgan fingerprint density at radius 2 is 1.27 bits per heavy atom. The van der Waals surface area contributed by atoms with Crippen molar-refractivity contribution in [3.63, 3.8) is 0 Å². The van der Waals surface area contributed by atoms with Crippen molar-refractivity contribution in [3.8, 4) is 0 Å². The second-order valence-electron chi connectivity index (χ2n) is 4.69. The minimum absolute atomic E-state index is 0.591. The van der Waals surface area contributed by atoms with Gasteiger partial charge in [-0.3, -0.25) is 0 Å². The molecule has 3 rings (SSSR count). The molecule has 1 N–H and O–H groups in total. The third-order valence-corrected chi connectivity index (χ3v) is 3.38. The highest BCUT2D eigenvalue weighted by atomic mass is 35.5. The van der Waals surface area contributed by atoms with Crippen molar-refractivity contribution in [2.24, 2.45) is 10.2 Å². The van der Waals surface area contributed by atoms with Crippen molar-refractivity contribution in [2.75, 3.05) is 5.32 Å². The molecule has 0 amide bonds. The summed E-state index contributed by atoms with van der Waals surface area (Å²) in [7, 11) is 0. The van der Waals surface area contributed by atoms with Gasteiger partial charge < -0.3 is 5.32 Å². The summed E-state index contributed by atoms with van der Waals surface area (Å²) < 4.78 is 0. The zero-order chi connectivity index (χ0) is 15.2. The van der Waals surface area contributed by atoms with E-state index in [-0.39, 0.29) is 0 Å². The number of nitrogens with one attached hydrogen (secondary N) is 1. The van der Waals surface area contributed by atoms with Crippen LogP contribution in [0.4, 0.5) is 22.7 Å². The Bertz CT molecular complexity index is 768. The summed E-state index contributed by atoms with van der Waals surface area (Å²) in [6.45, 7) is 0. The molecule has 4 heteroatoms. The van der Waals surface area contributed by atoms with Crippen LogP contribution >= 0.6 is 11.6 Å². The first-order chi connectivity index (χ1) is 10.8. The van der Waals surface area contributed by atoms with Crippen LogP contribution in [-0.2, 0) is 0 Å². The smallest absolute Gasteiger partial charge is 0.104 e. The van der Waals surface area contributed by atoms with Crippen LogP contribution in [0.2, 0.25) is 5.02 Å². The molecule has 0 aliphatic heterocycles. The minimum atomic E-state index is 0.591. The first-order valence-corrected chi connectivity index (χ1v) is 7.27. The van der Waals surface area contributed by atoms with E-state index in [0.29, 0.717) is 10.7 Å². The summed E-state index contributed by atoms with van der Waals surface area (Å²) in [5.74, 6) is 0. The molecule has 108 valence electrons. The molecule has 0 aliphatic rings. The molecule has 0 bridgehead atoms. The van der Waals surface area contributed by atoms with E-state index in [9.17, 15) is 0 Å². The number of para-hydroxylation sites is 1. The monoisotopic (exact) mass is 307 g/mol. The van der Waals surface area contributed by atoms with Gasteiger partial charge in [-0.05, 0) is 48.5 Å². The quantitative estimate of drug-likeness (QED) is 0.549. The van der Waals surface area contributed by atoms with Crippen LogP contribution in [0.1, 0.15) is 0 Å². The van der Waals surface area contributed by atoms with Crippen molar-refractivity contribution in [2.45, 2.75) is 0 Å². The van der Waals surface area contributed by atoms with E-state index in [2.05, 4.69) is 15.5 Å². The molecule has 0 heterocycles. The van der Waals surface area contributed by atoms with Crippen LogP contribution in [0, 0.1) is 0 Å². The molecule has 0 saturated heterocycles. The molecular formula is C18H14ClN3. The molecule has 0 saturated carbocycles. The molecule has 0 radical (unpaired) electrons. The molecular weight excluding hydrogens is 294 g/mol. The lowest BCUT2D eigenvalue weighted by Gasteiger charge is -2.05. The number of benzene rings is 3. The molecule has 0 aliphatic carbocycles. The van der Waals surface area contributed by atoms with Crippen molar-refractivity contribution >= 4 is 34.4 Å². The lowest BCUT2D eigenvalue weighted by Crippen LogP contribution is -1.88. The number of anilines is 2. The molecule has 0 spiro atoms. The first kappa shape index (κ1) is 14.3. The molecule has 3 aromatic carbocycles.